The van der Waals surface area contributed by atoms with Crippen LogP contribution in [0.25, 0.3) is 0 Å². The lowest BCUT2D eigenvalue weighted by Gasteiger charge is -2.20. The fourth-order valence-corrected chi connectivity index (χ4v) is 2.69. The predicted octanol–water partition coefficient (Wildman–Crippen LogP) is 4.39. The van der Waals surface area contributed by atoms with Gasteiger partial charge in [-0.2, -0.15) is 0 Å². The quantitative estimate of drug-likeness (QED) is 0.757. The largest absolute Gasteiger partial charge is 0.336 e. The summed E-state index contributed by atoms with van der Waals surface area (Å²) in [5, 5.41) is 1.30. The maximum atomic E-state index is 2.27. The van der Waals surface area contributed by atoms with E-state index in [1.54, 1.807) is 0 Å². The number of nitrogens with zero attached hydrogens (tertiary/aromatic N) is 1. The van der Waals surface area contributed by atoms with E-state index >= 15 is 0 Å². The second-order valence-corrected chi connectivity index (χ2v) is 5.19. The van der Waals surface area contributed by atoms with Gasteiger partial charge in [0.1, 0.15) is 0 Å². The van der Waals surface area contributed by atoms with E-state index in [0.29, 0.717) is 0 Å². The number of anilines is 2. The van der Waals surface area contributed by atoms with Crippen molar-refractivity contribution in [2.24, 2.45) is 0 Å². The minimum Gasteiger partial charge on any atom is -0.336 e. The highest BCUT2D eigenvalue weighted by Gasteiger charge is 2.08. The summed E-state index contributed by atoms with van der Waals surface area (Å²) < 4.78 is 0. The Bertz CT molecular complexity index is 473. The van der Waals surface area contributed by atoms with Crippen LogP contribution in [0.3, 0.4) is 0 Å². The highest BCUT2D eigenvalue weighted by molar-refractivity contribution is 7.16. The molecule has 16 heavy (non-hydrogen) atoms. The average Bonchev–Trinajstić information content (AvgIpc) is 2.75. The van der Waals surface area contributed by atoms with E-state index in [-0.39, 0.29) is 0 Å². The van der Waals surface area contributed by atoms with Crippen LogP contribution in [-0.4, -0.2) is 7.05 Å². The van der Waals surface area contributed by atoms with Crippen LogP contribution in [-0.2, 0) is 6.42 Å². The molecule has 0 atom stereocenters. The molecule has 0 amide bonds. The number of hydrogen-bond donors (Lipinski definition) is 0. The van der Waals surface area contributed by atoms with Gasteiger partial charge in [-0.1, -0.05) is 25.1 Å². The Labute approximate surface area is 101 Å². The smallest absolute Gasteiger partial charge is 0.0953 e. The molecule has 2 aromatic rings. The van der Waals surface area contributed by atoms with Crippen LogP contribution in [0.5, 0.6) is 0 Å². The van der Waals surface area contributed by atoms with Crippen LogP contribution >= 0.6 is 11.3 Å². The molecule has 1 nitrogen and oxygen atoms in total. The lowest BCUT2D eigenvalue weighted by Crippen LogP contribution is -2.09. The van der Waals surface area contributed by atoms with E-state index in [2.05, 4.69) is 62.2 Å². The lowest BCUT2D eigenvalue weighted by atomic mass is 10.1. The van der Waals surface area contributed by atoms with Crippen molar-refractivity contribution < 1.29 is 0 Å². The second-order valence-electron chi connectivity index (χ2n) is 3.93. The Morgan fingerprint density at radius 1 is 1.12 bits per heavy atom. The molecule has 2 heteroatoms. The molecule has 2 rings (SSSR count). The molecular formula is C14H17NS. The molecule has 84 valence electrons. The maximum absolute atomic E-state index is 2.27. The monoisotopic (exact) mass is 231 g/mol. The molecular weight excluding hydrogens is 214 g/mol. The number of benzene rings is 1. The van der Waals surface area contributed by atoms with Gasteiger partial charge in [0.15, 0.2) is 0 Å². The Morgan fingerprint density at radius 2 is 1.88 bits per heavy atom. The third kappa shape index (κ3) is 2.12. The minimum atomic E-state index is 1.07. The van der Waals surface area contributed by atoms with Crippen molar-refractivity contribution >= 4 is 22.0 Å². The summed E-state index contributed by atoms with van der Waals surface area (Å²) in [6.45, 7) is 4.35. The summed E-state index contributed by atoms with van der Waals surface area (Å²) in [7, 11) is 2.14. The molecule has 1 heterocycles. The third-order valence-electron chi connectivity index (χ3n) is 2.79. The van der Waals surface area contributed by atoms with Gasteiger partial charge in [0.05, 0.1) is 5.00 Å². The van der Waals surface area contributed by atoms with Crippen molar-refractivity contribution in [2.75, 3.05) is 11.9 Å². The molecule has 0 bridgehead atoms. The summed E-state index contributed by atoms with van der Waals surface area (Å²) in [5.74, 6) is 0. The number of thiophene rings is 1. The zero-order valence-electron chi connectivity index (χ0n) is 10.0. The number of hydrogen-bond acceptors (Lipinski definition) is 2. The molecule has 0 saturated carbocycles. The van der Waals surface area contributed by atoms with Gasteiger partial charge in [0.25, 0.3) is 0 Å². The lowest BCUT2D eigenvalue weighted by molar-refractivity contribution is 1.10. The first kappa shape index (κ1) is 11.2. The topological polar surface area (TPSA) is 3.24 Å². The Kier molecular flexibility index (Phi) is 3.30. The molecule has 0 spiro atoms. The highest BCUT2D eigenvalue weighted by Crippen LogP contribution is 2.32. The van der Waals surface area contributed by atoms with E-state index in [0.717, 1.165) is 6.42 Å². The van der Waals surface area contributed by atoms with E-state index in [9.17, 15) is 0 Å². The Hall–Kier alpha value is -1.28. The van der Waals surface area contributed by atoms with Gasteiger partial charge in [-0.15, -0.1) is 11.3 Å². The Balaban J connectivity index is 2.36. The maximum Gasteiger partial charge on any atom is 0.0953 e. The van der Waals surface area contributed by atoms with Gasteiger partial charge in [-0.05, 0) is 37.1 Å². The summed E-state index contributed by atoms with van der Waals surface area (Å²) in [6, 6.07) is 13.0. The van der Waals surface area contributed by atoms with Crippen LogP contribution in [0.4, 0.5) is 10.7 Å². The van der Waals surface area contributed by atoms with E-state index in [1.165, 1.54) is 21.1 Å². The van der Waals surface area contributed by atoms with Crippen LogP contribution in [0, 0.1) is 6.92 Å². The van der Waals surface area contributed by atoms with Crippen molar-refractivity contribution in [3.63, 3.8) is 0 Å². The molecule has 0 aliphatic rings. The van der Waals surface area contributed by atoms with Crippen LogP contribution in [0.15, 0.2) is 36.4 Å². The minimum absolute atomic E-state index is 1.07. The van der Waals surface area contributed by atoms with Crippen molar-refractivity contribution in [3.05, 3.63) is 46.8 Å². The molecule has 0 aliphatic carbocycles. The van der Waals surface area contributed by atoms with E-state index in [4.69, 9.17) is 0 Å². The average molecular weight is 231 g/mol. The standard InChI is InChI=1S/C14H17NS/c1-4-12-7-5-6-8-13(12)15(3)14-10-9-11(2)16-14/h5-10H,4H2,1-3H3. The molecule has 1 aromatic heterocycles. The van der Waals surface area contributed by atoms with Gasteiger partial charge in [0, 0.05) is 17.6 Å². The first-order valence-electron chi connectivity index (χ1n) is 5.60. The summed E-state index contributed by atoms with van der Waals surface area (Å²) in [4.78, 5) is 3.63. The first-order chi connectivity index (χ1) is 7.72. The highest BCUT2D eigenvalue weighted by atomic mass is 32.1. The predicted molar refractivity (Wildman–Crippen MR) is 72.9 cm³/mol. The van der Waals surface area contributed by atoms with Gasteiger partial charge in [-0.25, -0.2) is 0 Å². The van der Waals surface area contributed by atoms with Crippen LogP contribution < -0.4 is 4.90 Å². The number of rotatable bonds is 3. The molecule has 0 N–H and O–H groups in total. The zero-order valence-corrected chi connectivity index (χ0v) is 10.8. The molecule has 1 aromatic carbocycles. The van der Waals surface area contributed by atoms with Gasteiger partial charge < -0.3 is 4.90 Å². The van der Waals surface area contributed by atoms with Crippen LogP contribution in [0.1, 0.15) is 17.4 Å². The fraction of sp³-hybridized carbons (Fsp3) is 0.286. The molecule has 0 radical (unpaired) electrons. The van der Waals surface area contributed by atoms with E-state index < -0.39 is 0 Å². The zero-order chi connectivity index (χ0) is 11.5. The Morgan fingerprint density at radius 3 is 2.50 bits per heavy atom. The normalized spacial score (nSPS) is 10.4. The van der Waals surface area contributed by atoms with E-state index in [1.807, 2.05) is 11.3 Å². The molecule has 0 fully saturated rings. The second kappa shape index (κ2) is 4.71. The van der Waals surface area contributed by atoms with Gasteiger partial charge in [0.2, 0.25) is 0 Å². The number of aryl methyl sites for hydroxylation is 2. The third-order valence-corrected chi connectivity index (χ3v) is 3.87. The molecule has 0 unspecified atom stereocenters. The first-order valence-corrected chi connectivity index (χ1v) is 6.42. The molecule has 0 aliphatic heterocycles. The summed E-state index contributed by atoms with van der Waals surface area (Å²) >= 11 is 1.84. The van der Waals surface area contributed by atoms with Crippen molar-refractivity contribution in [2.45, 2.75) is 20.3 Å². The van der Waals surface area contributed by atoms with Gasteiger partial charge in [-0.3, -0.25) is 0 Å². The fourth-order valence-electron chi connectivity index (χ4n) is 1.86. The number of para-hydroxylation sites is 1. The van der Waals surface area contributed by atoms with Crippen molar-refractivity contribution in [1.82, 2.24) is 0 Å². The van der Waals surface area contributed by atoms with Crippen LogP contribution in [0.2, 0.25) is 0 Å². The van der Waals surface area contributed by atoms with Crippen molar-refractivity contribution in [1.29, 1.82) is 0 Å². The van der Waals surface area contributed by atoms with Gasteiger partial charge >= 0.3 is 0 Å². The summed E-state index contributed by atoms with van der Waals surface area (Å²) in [5.41, 5.74) is 2.71. The summed E-state index contributed by atoms with van der Waals surface area (Å²) in [6.07, 6.45) is 1.07. The van der Waals surface area contributed by atoms with Crippen molar-refractivity contribution in [3.8, 4) is 0 Å². The molecule has 0 saturated heterocycles. The SMILES string of the molecule is CCc1ccccc1N(C)c1ccc(C)s1.